The van der Waals surface area contributed by atoms with Crippen LogP contribution in [0, 0.1) is 0 Å². The number of esters is 1. The van der Waals surface area contributed by atoms with Crippen molar-refractivity contribution < 1.29 is 27.5 Å². The van der Waals surface area contributed by atoms with E-state index in [0.29, 0.717) is 18.3 Å². The van der Waals surface area contributed by atoms with Gasteiger partial charge in [-0.15, -0.1) is 0 Å². The zero-order valence-electron chi connectivity index (χ0n) is 11.7. The fraction of sp³-hybridized carbons (Fsp3) is 0.357. The highest BCUT2D eigenvalue weighted by Crippen LogP contribution is 2.11. The van der Waals surface area contributed by atoms with Crippen molar-refractivity contribution in [1.82, 2.24) is 5.32 Å². The first kappa shape index (κ1) is 16.2. The molecular formula is C14H15NO6S. The average molecular weight is 325 g/mol. The molecule has 1 amide bonds. The lowest BCUT2D eigenvalue weighted by atomic mass is 10.1. The molecule has 7 nitrogen and oxygen atoms in total. The number of carbonyl (C=O) groups is 3. The van der Waals surface area contributed by atoms with Gasteiger partial charge in [-0.25, -0.2) is 13.2 Å². The molecule has 8 heteroatoms. The van der Waals surface area contributed by atoms with Crippen LogP contribution < -0.4 is 5.32 Å². The van der Waals surface area contributed by atoms with Crippen molar-refractivity contribution >= 4 is 28.0 Å². The van der Waals surface area contributed by atoms with E-state index in [1.54, 1.807) is 0 Å². The molecule has 1 fully saturated rings. The Labute approximate surface area is 127 Å². The van der Waals surface area contributed by atoms with Crippen LogP contribution in [0.3, 0.4) is 0 Å². The third kappa shape index (κ3) is 4.39. The van der Waals surface area contributed by atoms with Gasteiger partial charge in [0, 0.05) is 11.6 Å². The van der Waals surface area contributed by atoms with E-state index in [4.69, 9.17) is 4.74 Å². The van der Waals surface area contributed by atoms with Crippen LogP contribution in [0.2, 0.25) is 0 Å². The van der Waals surface area contributed by atoms with E-state index < -0.39 is 34.4 Å². The van der Waals surface area contributed by atoms with Gasteiger partial charge >= 0.3 is 5.97 Å². The molecule has 0 unspecified atom stereocenters. The van der Waals surface area contributed by atoms with Crippen molar-refractivity contribution in [3.63, 3.8) is 0 Å². The summed E-state index contributed by atoms with van der Waals surface area (Å²) < 4.78 is 27.4. The standard InChI is InChI=1S/C14H15NO6S/c16-7-10-1-3-11(4-2-10)14(18)21-8-13(17)15-12-5-6-22(19,20)9-12/h1-4,7,12H,5-6,8-9H2,(H,15,17)/t12-/m1/s1. The number of aldehydes is 1. The Morgan fingerprint density at radius 1 is 1.27 bits per heavy atom. The Bertz CT molecular complexity index is 680. The Balaban J connectivity index is 1.80. The second-order valence-corrected chi connectivity index (χ2v) is 7.21. The minimum atomic E-state index is -3.07. The van der Waals surface area contributed by atoms with Gasteiger partial charge < -0.3 is 10.1 Å². The summed E-state index contributed by atoms with van der Waals surface area (Å²) >= 11 is 0. The summed E-state index contributed by atoms with van der Waals surface area (Å²) in [5, 5.41) is 2.52. The van der Waals surface area contributed by atoms with E-state index in [9.17, 15) is 22.8 Å². The Hall–Kier alpha value is -2.22. The van der Waals surface area contributed by atoms with Crippen molar-refractivity contribution in [2.24, 2.45) is 0 Å². The molecule has 1 heterocycles. The van der Waals surface area contributed by atoms with Crippen LogP contribution in [0.5, 0.6) is 0 Å². The fourth-order valence-corrected chi connectivity index (χ4v) is 3.76. The molecule has 1 atom stereocenters. The second kappa shape index (κ2) is 6.69. The molecule has 1 aliphatic heterocycles. The van der Waals surface area contributed by atoms with E-state index in [0.717, 1.165) is 0 Å². The molecule has 0 aliphatic carbocycles. The van der Waals surface area contributed by atoms with Gasteiger partial charge in [-0.05, 0) is 18.6 Å². The molecule has 0 bridgehead atoms. The largest absolute Gasteiger partial charge is 0.452 e. The summed E-state index contributed by atoms with van der Waals surface area (Å²) in [7, 11) is -3.07. The highest BCUT2D eigenvalue weighted by atomic mass is 32.2. The molecule has 1 aromatic rings. The smallest absolute Gasteiger partial charge is 0.338 e. The van der Waals surface area contributed by atoms with Crippen LogP contribution in [-0.2, 0) is 19.4 Å². The van der Waals surface area contributed by atoms with Crippen LogP contribution in [0.15, 0.2) is 24.3 Å². The fourth-order valence-electron chi connectivity index (χ4n) is 2.09. The summed E-state index contributed by atoms with van der Waals surface area (Å²) in [5.41, 5.74) is 0.651. The normalized spacial score (nSPS) is 19.4. The van der Waals surface area contributed by atoms with E-state index in [1.165, 1.54) is 24.3 Å². The molecule has 1 N–H and O–H groups in total. The topological polar surface area (TPSA) is 107 Å². The van der Waals surface area contributed by atoms with Crippen molar-refractivity contribution in [3.8, 4) is 0 Å². The number of hydrogen-bond acceptors (Lipinski definition) is 6. The number of ether oxygens (including phenoxy) is 1. The Morgan fingerprint density at radius 3 is 2.50 bits per heavy atom. The van der Waals surface area contributed by atoms with Gasteiger partial charge in [0.2, 0.25) is 0 Å². The average Bonchev–Trinajstić information content (AvgIpc) is 2.83. The summed E-state index contributed by atoms with van der Waals surface area (Å²) in [6.07, 6.45) is 1.02. The van der Waals surface area contributed by atoms with Gasteiger partial charge in [-0.1, -0.05) is 12.1 Å². The first-order valence-electron chi connectivity index (χ1n) is 6.62. The number of hydrogen-bond donors (Lipinski definition) is 1. The van der Waals surface area contributed by atoms with Crippen LogP contribution in [0.4, 0.5) is 0 Å². The molecule has 0 spiro atoms. The van der Waals surface area contributed by atoms with Gasteiger partial charge in [-0.3, -0.25) is 9.59 Å². The number of benzene rings is 1. The summed E-state index contributed by atoms with van der Waals surface area (Å²) in [4.78, 5) is 33.8. The minimum Gasteiger partial charge on any atom is -0.452 e. The van der Waals surface area contributed by atoms with Crippen LogP contribution >= 0.6 is 0 Å². The predicted octanol–water partition coefficient (Wildman–Crippen LogP) is -0.0408. The molecule has 22 heavy (non-hydrogen) atoms. The van der Waals surface area contributed by atoms with Gasteiger partial charge in [0.1, 0.15) is 6.29 Å². The maximum atomic E-state index is 11.7. The monoisotopic (exact) mass is 325 g/mol. The Kier molecular flexibility index (Phi) is 4.92. The lowest BCUT2D eigenvalue weighted by Gasteiger charge is -2.11. The zero-order chi connectivity index (χ0) is 16.2. The number of rotatable bonds is 5. The van der Waals surface area contributed by atoms with Crippen molar-refractivity contribution in [3.05, 3.63) is 35.4 Å². The van der Waals surface area contributed by atoms with Crippen LogP contribution in [0.1, 0.15) is 27.1 Å². The number of nitrogens with one attached hydrogen (secondary N) is 1. The van der Waals surface area contributed by atoms with Gasteiger partial charge in [0.15, 0.2) is 16.4 Å². The third-order valence-corrected chi connectivity index (χ3v) is 4.98. The summed E-state index contributed by atoms with van der Waals surface area (Å²) in [5.74, 6) is -1.26. The molecule has 1 saturated heterocycles. The highest BCUT2D eigenvalue weighted by Gasteiger charge is 2.29. The number of amides is 1. The van der Waals surface area contributed by atoms with Gasteiger partial charge in [0.05, 0.1) is 17.1 Å². The van der Waals surface area contributed by atoms with Crippen molar-refractivity contribution in [2.45, 2.75) is 12.5 Å². The van der Waals surface area contributed by atoms with E-state index >= 15 is 0 Å². The molecule has 1 aromatic carbocycles. The lowest BCUT2D eigenvalue weighted by molar-refractivity contribution is -0.124. The van der Waals surface area contributed by atoms with Crippen LogP contribution in [0.25, 0.3) is 0 Å². The maximum absolute atomic E-state index is 11.7. The van der Waals surface area contributed by atoms with Crippen molar-refractivity contribution in [1.29, 1.82) is 0 Å². The summed E-state index contributed by atoms with van der Waals surface area (Å²) in [6, 6.07) is 5.35. The number of carbonyl (C=O) groups excluding carboxylic acids is 3. The molecule has 118 valence electrons. The number of sulfone groups is 1. The highest BCUT2D eigenvalue weighted by molar-refractivity contribution is 7.91. The molecule has 0 saturated carbocycles. The van der Waals surface area contributed by atoms with Gasteiger partial charge in [0.25, 0.3) is 5.91 Å². The predicted molar refractivity (Wildman–Crippen MR) is 77.3 cm³/mol. The van der Waals surface area contributed by atoms with Crippen molar-refractivity contribution in [2.75, 3.05) is 18.1 Å². The van der Waals surface area contributed by atoms with E-state index in [1.807, 2.05) is 0 Å². The van der Waals surface area contributed by atoms with E-state index in [2.05, 4.69) is 5.32 Å². The quantitative estimate of drug-likeness (QED) is 0.601. The molecule has 1 aliphatic rings. The van der Waals surface area contributed by atoms with Gasteiger partial charge in [-0.2, -0.15) is 0 Å². The van der Waals surface area contributed by atoms with E-state index in [-0.39, 0.29) is 17.1 Å². The molecule has 2 rings (SSSR count). The second-order valence-electron chi connectivity index (χ2n) is 4.98. The summed E-state index contributed by atoms with van der Waals surface area (Å²) in [6.45, 7) is -0.481. The first-order chi connectivity index (χ1) is 10.4. The third-order valence-electron chi connectivity index (χ3n) is 3.21. The maximum Gasteiger partial charge on any atom is 0.338 e. The SMILES string of the molecule is O=Cc1ccc(C(=O)OCC(=O)N[C@@H]2CCS(=O)(=O)C2)cc1. The lowest BCUT2D eigenvalue weighted by Crippen LogP contribution is -2.38. The molecule has 0 aromatic heterocycles. The first-order valence-corrected chi connectivity index (χ1v) is 8.44. The molecule has 0 radical (unpaired) electrons. The Morgan fingerprint density at radius 2 is 1.95 bits per heavy atom. The van der Waals surface area contributed by atoms with Crippen LogP contribution in [-0.4, -0.2) is 50.7 Å². The zero-order valence-corrected chi connectivity index (χ0v) is 12.5. The molecular weight excluding hydrogens is 310 g/mol. The minimum absolute atomic E-state index is 0.0564.